The predicted octanol–water partition coefficient (Wildman–Crippen LogP) is 1.09. The highest BCUT2D eigenvalue weighted by atomic mass is 16.3. The number of aromatic amines is 1. The largest absolute Gasteiger partial charge is 0.391 e. The van der Waals surface area contributed by atoms with Crippen LogP contribution in [0.3, 0.4) is 0 Å². The van der Waals surface area contributed by atoms with Gasteiger partial charge in [0.1, 0.15) is 11.4 Å². The zero-order valence-electron chi connectivity index (χ0n) is 12.9. The van der Waals surface area contributed by atoms with Crippen molar-refractivity contribution in [3.05, 3.63) is 27.4 Å². The van der Waals surface area contributed by atoms with Gasteiger partial charge in [-0.3, -0.25) is 9.59 Å². The van der Waals surface area contributed by atoms with Crippen molar-refractivity contribution in [3.63, 3.8) is 0 Å². The van der Waals surface area contributed by atoms with Gasteiger partial charge >= 0.3 is 0 Å². The van der Waals surface area contributed by atoms with Crippen LogP contribution in [0.25, 0.3) is 0 Å². The quantitative estimate of drug-likeness (QED) is 0.770. The van der Waals surface area contributed by atoms with Crippen LogP contribution in [0, 0.1) is 6.92 Å². The van der Waals surface area contributed by atoms with E-state index in [0.29, 0.717) is 11.5 Å². The summed E-state index contributed by atoms with van der Waals surface area (Å²) in [6, 6.07) is 0. The van der Waals surface area contributed by atoms with E-state index < -0.39 is 23.1 Å². The molecule has 20 heavy (non-hydrogen) atoms. The second-order valence-electron chi connectivity index (χ2n) is 5.92. The molecule has 1 rings (SSSR count). The minimum atomic E-state index is -0.827. The fourth-order valence-electron chi connectivity index (χ4n) is 1.61. The molecule has 0 radical (unpaired) electrons. The minimum absolute atomic E-state index is 0.0110. The summed E-state index contributed by atoms with van der Waals surface area (Å²) in [6.07, 6.45) is -0.742. The van der Waals surface area contributed by atoms with Gasteiger partial charge in [0.15, 0.2) is 0 Å². The third-order valence-corrected chi connectivity index (χ3v) is 3.37. The van der Waals surface area contributed by atoms with Crippen molar-refractivity contribution in [1.29, 1.82) is 0 Å². The Morgan fingerprint density at radius 3 is 2.30 bits per heavy atom. The van der Waals surface area contributed by atoms with Crippen molar-refractivity contribution in [2.75, 3.05) is 0 Å². The van der Waals surface area contributed by atoms with Gasteiger partial charge in [0, 0.05) is 5.92 Å². The Bertz CT molecular complexity index is 559. The number of hydrogen-bond donors (Lipinski definition) is 3. The SMILES string of the molecule is Cc1nc(C(C)C)[nH]c(=O)c1C(=O)NC(C)(C)C(C)O. The lowest BCUT2D eigenvalue weighted by Crippen LogP contribution is -2.52. The maximum absolute atomic E-state index is 12.2. The smallest absolute Gasteiger partial charge is 0.264 e. The fraction of sp³-hybridized carbons (Fsp3) is 0.643. The van der Waals surface area contributed by atoms with E-state index in [2.05, 4.69) is 15.3 Å². The van der Waals surface area contributed by atoms with Crippen LogP contribution in [0.2, 0.25) is 0 Å². The molecule has 1 amide bonds. The first-order valence-electron chi connectivity index (χ1n) is 6.67. The van der Waals surface area contributed by atoms with Gasteiger partial charge in [-0.15, -0.1) is 0 Å². The molecule has 0 aromatic carbocycles. The first-order chi connectivity index (χ1) is 9.06. The molecule has 6 heteroatoms. The van der Waals surface area contributed by atoms with Crippen LogP contribution < -0.4 is 10.9 Å². The molecule has 0 saturated heterocycles. The number of carbonyl (C=O) groups is 1. The van der Waals surface area contributed by atoms with Crippen molar-refractivity contribution < 1.29 is 9.90 Å². The second-order valence-corrected chi connectivity index (χ2v) is 5.92. The highest BCUT2D eigenvalue weighted by molar-refractivity contribution is 5.95. The number of nitrogens with zero attached hydrogens (tertiary/aromatic N) is 1. The number of amides is 1. The summed E-state index contributed by atoms with van der Waals surface area (Å²) in [5.41, 5.74) is -0.910. The van der Waals surface area contributed by atoms with Crippen LogP contribution in [-0.2, 0) is 0 Å². The van der Waals surface area contributed by atoms with Crippen LogP contribution >= 0.6 is 0 Å². The van der Waals surface area contributed by atoms with Crippen molar-refractivity contribution in [2.45, 2.75) is 59.1 Å². The zero-order chi connectivity index (χ0) is 15.7. The topological polar surface area (TPSA) is 95.1 Å². The van der Waals surface area contributed by atoms with E-state index in [9.17, 15) is 14.7 Å². The third kappa shape index (κ3) is 3.45. The van der Waals surface area contributed by atoms with Gasteiger partial charge in [0.05, 0.1) is 17.3 Å². The van der Waals surface area contributed by atoms with Gasteiger partial charge in [-0.1, -0.05) is 13.8 Å². The molecule has 3 N–H and O–H groups in total. The lowest BCUT2D eigenvalue weighted by Gasteiger charge is -2.29. The molecule has 0 aliphatic heterocycles. The maximum Gasteiger partial charge on any atom is 0.264 e. The van der Waals surface area contributed by atoms with Crippen molar-refractivity contribution in [2.24, 2.45) is 0 Å². The van der Waals surface area contributed by atoms with Gasteiger partial charge in [0.25, 0.3) is 11.5 Å². The Morgan fingerprint density at radius 1 is 1.35 bits per heavy atom. The van der Waals surface area contributed by atoms with E-state index in [4.69, 9.17) is 0 Å². The predicted molar refractivity (Wildman–Crippen MR) is 76.9 cm³/mol. The van der Waals surface area contributed by atoms with Crippen molar-refractivity contribution in [3.8, 4) is 0 Å². The molecular weight excluding hydrogens is 258 g/mol. The van der Waals surface area contributed by atoms with E-state index in [1.165, 1.54) is 0 Å². The monoisotopic (exact) mass is 281 g/mol. The molecule has 112 valence electrons. The van der Waals surface area contributed by atoms with Gasteiger partial charge in [-0.05, 0) is 27.7 Å². The lowest BCUT2D eigenvalue weighted by molar-refractivity contribution is 0.0707. The Hall–Kier alpha value is -1.69. The summed E-state index contributed by atoms with van der Waals surface area (Å²) < 4.78 is 0. The first kappa shape index (κ1) is 16.4. The average molecular weight is 281 g/mol. The molecular formula is C14H23N3O3. The minimum Gasteiger partial charge on any atom is -0.391 e. The molecule has 1 heterocycles. The summed E-state index contributed by atoms with van der Waals surface area (Å²) in [4.78, 5) is 31.1. The van der Waals surface area contributed by atoms with Crippen LogP contribution in [0.5, 0.6) is 0 Å². The summed E-state index contributed by atoms with van der Waals surface area (Å²) in [5.74, 6) is 0.101. The van der Waals surface area contributed by atoms with E-state index >= 15 is 0 Å². The number of hydrogen-bond acceptors (Lipinski definition) is 4. The summed E-state index contributed by atoms with van der Waals surface area (Å²) >= 11 is 0. The molecule has 0 aliphatic rings. The number of nitrogens with one attached hydrogen (secondary N) is 2. The molecule has 1 aromatic rings. The number of aliphatic hydroxyl groups is 1. The second kappa shape index (κ2) is 5.75. The fourth-order valence-corrected chi connectivity index (χ4v) is 1.61. The van der Waals surface area contributed by atoms with Gasteiger partial charge in [-0.2, -0.15) is 0 Å². The molecule has 6 nitrogen and oxygen atoms in total. The molecule has 0 spiro atoms. The summed E-state index contributed by atoms with van der Waals surface area (Å²) in [5, 5.41) is 12.3. The van der Waals surface area contributed by atoms with Crippen molar-refractivity contribution >= 4 is 5.91 Å². The number of aryl methyl sites for hydroxylation is 1. The number of aliphatic hydroxyl groups excluding tert-OH is 1. The first-order valence-corrected chi connectivity index (χ1v) is 6.67. The number of rotatable bonds is 4. The van der Waals surface area contributed by atoms with E-state index in [-0.39, 0.29) is 11.5 Å². The van der Waals surface area contributed by atoms with E-state index in [1.807, 2.05) is 13.8 Å². The Morgan fingerprint density at radius 2 is 1.90 bits per heavy atom. The highest BCUT2D eigenvalue weighted by Crippen LogP contribution is 2.12. The Kier molecular flexibility index (Phi) is 4.70. The maximum atomic E-state index is 12.2. The molecule has 1 atom stereocenters. The van der Waals surface area contributed by atoms with Crippen molar-refractivity contribution in [1.82, 2.24) is 15.3 Å². The summed E-state index contributed by atoms with van der Waals surface area (Å²) in [7, 11) is 0. The molecule has 0 aliphatic carbocycles. The zero-order valence-corrected chi connectivity index (χ0v) is 12.9. The van der Waals surface area contributed by atoms with E-state index in [0.717, 1.165) is 0 Å². The van der Waals surface area contributed by atoms with Crippen LogP contribution in [-0.4, -0.2) is 32.6 Å². The number of aromatic nitrogens is 2. The molecule has 0 bridgehead atoms. The van der Waals surface area contributed by atoms with Crippen LogP contribution in [0.15, 0.2) is 4.79 Å². The molecule has 0 fully saturated rings. The standard InChI is InChI=1S/C14H23N3O3/c1-7(2)11-15-8(3)10(12(19)16-11)13(20)17-14(5,6)9(4)18/h7,9,18H,1-6H3,(H,17,20)(H,15,16,19). The molecule has 1 unspecified atom stereocenters. The average Bonchev–Trinajstić information content (AvgIpc) is 2.26. The van der Waals surface area contributed by atoms with E-state index in [1.54, 1.807) is 27.7 Å². The lowest BCUT2D eigenvalue weighted by atomic mass is 9.98. The van der Waals surface area contributed by atoms with Gasteiger partial charge < -0.3 is 15.4 Å². The van der Waals surface area contributed by atoms with Gasteiger partial charge in [0.2, 0.25) is 0 Å². The number of carbonyl (C=O) groups excluding carboxylic acids is 1. The highest BCUT2D eigenvalue weighted by Gasteiger charge is 2.28. The summed E-state index contributed by atoms with van der Waals surface area (Å²) in [6.45, 7) is 10.4. The Labute approximate surface area is 118 Å². The number of H-pyrrole nitrogens is 1. The molecule has 1 aromatic heterocycles. The normalized spacial score (nSPS) is 13.4. The Balaban J connectivity index is 3.16. The third-order valence-electron chi connectivity index (χ3n) is 3.37. The van der Waals surface area contributed by atoms with Gasteiger partial charge in [-0.25, -0.2) is 4.98 Å². The molecule has 0 saturated carbocycles. The van der Waals surface area contributed by atoms with Crippen LogP contribution in [0.4, 0.5) is 0 Å². The van der Waals surface area contributed by atoms with Crippen LogP contribution in [0.1, 0.15) is 62.4 Å².